The van der Waals surface area contributed by atoms with Crippen LogP contribution in [0.15, 0.2) is 54.7 Å². The lowest BCUT2D eigenvalue weighted by molar-refractivity contribution is 0.586. The van der Waals surface area contributed by atoms with Gasteiger partial charge in [0.25, 0.3) is 0 Å². The summed E-state index contributed by atoms with van der Waals surface area (Å²) in [5.41, 5.74) is 1.26. The molecule has 0 saturated heterocycles. The molecule has 0 aliphatic rings. The molecule has 128 valence electrons. The van der Waals surface area contributed by atoms with Crippen LogP contribution in [-0.4, -0.2) is 14.9 Å². The number of halogens is 3. The molecule has 0 bridgehead atoms. The van der Waals surface area contributed by atoms with Crippen molar-refractivity contribution in [2.75, 3.05) is 10.6 Å². The molecule has 2 N–H and O–H groups in total. The number of hydrogen-bond acceptors (Lipinski definition) is 2. The Bertz CT molecular complexity index is 913. The number of rotatable bonds is 4. The van der Waals surface area contributed by atoms with Crippen molar-refractivity contribution < 1.29 is 4.39 Å². The van der Waals surface area contributed by atoms with Gasteiger partial charge in [-0.3, -0.25) is 4.68 Å². The highest BCUT2D eigenvalue weighted by Crippen LogP contribution is 2.21. The zero-order valence-electron chi connectivity index (χ0n) is 12.8. The van der Waals surface area contributed by atoms with Gasteiger partial charge < -0.3 is 10.6 Å². The molecule has 0 unspecified atom stereocenters. The van der Waals surface area contributed by atoms with Crippen LogP contribution in [0.1, 0.15) is 5.56 Å². The third-order valence-corrected chi connectivity index (χ3v) is 4.04. The quantitative estimate of drug-likeness (QED) is 0.597. The molecule has 1 heterocycles. The molecule has 4 nitrogen and oxygen atoms in total. The number of aromatic nitrogens is 2. The zero-order chi connectivity index (χ0) is 17.8. The third-order valence-electron chi connectivity index (χ3n) is 3.32. The monoisotopic (exact) mass is 394 g/mol. The summed E-state index contributed by atoms with van der Waals surface area (Å²) in [4.78, 5) is 0. The molecule has 3 rings (SSSR count). The largest absolute Gasteiger partial charge is 0.332 e. The molecule has 0 atom stereocenters. The summed E-state index contributed by atoms with van der Waals surface area (Å²) in [7, 11) is 0. The van der Waals surface area contributed by atoms with Crippen molar-refractivity contribution >= 4 is 52.0 Å². The summed E-state index contributed by atoms with van der Waals surface area (Å²) in [5, 5.41) is 11.5. The Morgan fingerprint density at radius 1 is 1.12 bits per heavy atom. The SMILES string of the molecule is Fc1ccccc1Cn1cc(Cl)c(NC(=S)Nc2cccc(Cl)c2)n1. The van der Waals surface area contributed by atoms with Crippen LogP contribution in [0.25, 0.3) is 0 Å². The number of anilines is 2. The minimum Gasteiger partial charge on any atom is -0.332 e. The molecule has 0 fully saturated rings. The molecule has 2 aromatic carbocycles. The fraction of sp³-hybridized carbons (Fsp3) is 0.0588. The number of thiocarbonyl (C=S) groups is 1. The molecular formula is C17H13Cl2FN4S. The molecule has 0 amide bonds. The average molecular weight is 395 g/mol. The van der Waals surface area contributed by atoms with Crippen molar-refractivity contribution in [3.63, 3.8) is 0 Å². The van der Waals surface area contributed by atoms with E-state index in [1.807, 2.05) is 12.1 Å². The summed E-state index contributed by atoms with van der Waals surface area (Å²) >= 11 is 17.4. The first kappa shape index (κ1) is 17.7. The van der Waals surface area contributed by atoms with E-state index in [0.29, 0.717) is 26.5 Å². The minimum absolute atomic E-state index is 0.266. The summed E-state index contributed by atoms with van der Waals surface area (Å²) in [6.45, 7) is 0.266. The van der Waals surface area contributed by atoms with Crippen molar-refractivity contribution in [2.45, 2.75) is 6.54 Å². The van der Waals surface area contributed by atoms with Crippen LogP contribution in [0.4, 0.5) is 15.9 Å². The van der Waals surface area contributed by atoms with Crippen LogP contribution in [0, 0.1) is 5.82 Å². The Morgan fingerprint density at radius 2 is 1.92 bits per heavy atom. The summed E-state index contributed by atoms with van der Waals surface area (Å²) in [6.07, 6.45) is 1.61. The highest BCUT2D eigenvalue weighted by molar-refractivity contribution is 7.80. The van der Waals surface area contributed by atoms with E-state index < -0.39 is 0 Å². The zero-order valence-corrected chi connectivity index (χ0v) is 15.2. The lowest BCUT2D eigenvalue weighted by Crippen LogP contribution is -2.19. The van der Waals surface area contributed by atoms with Crippen molar-refractivity contribution in [1.82, 2.24) is 9.78 Å². The lowest BCUT2D eigenvalue weighted by atomic mass is 10.2. The Morgan fingerprint density at radius 3 is 2.68 bits per heavy atom. The Kier molecular flexibility index (Phi) is 5.53. The van der Waals surface area contributed by atoms with Crippen molar-refractivity contribution in [1.29, 1.82) is 0 Å². The number of hydrogen-bond donors (Lipinski definition) is 2. The van der Waals surface area contributed by atoms with Gasteiger partial charge in [-0.05, 0) is 36.5 Å². The Labute approximate surface area is 159 Å². The van der Waals surface area contributed by atoms with Crippen LogP contribution in [0.2, 0.25) is 10.0 Å². The van der Waals surface area contributed by atoms with Gasteiger partial charge in [0.1, 0.15) is 10.8 Å². The van der Waals surface area contributed by atoms with Gasteiger partial charge >= 0.3 is 0 Å². The van der Waals surface area contributed by atoms with E-state index >= 15 is 0 Å². The van der Waals surface area contributed by atoms with Crippen molar-refractivity contribution in [3.05, 3.63) is 76.2 Å². The molecular weight excluding hydrogens is 382 g/mol. The van der Waals surface area contributed by atoms with Crippen LogP contribution in [0.3, 0.4) is 0 Å². The Hall–Kier alpha value is -2.15. The third kappa shape index (κ3) is 4.69. The first-order valence-corrected chi connectivity index (χ1v) is 8.47. The first-order chi connectivity index (χ1) is 12.0. The normalized spacial score (nSPS) is 10.5. The maximum absolute atomic E-state index is 13.7. The first-order valence-electron chi connectivity index (χ1n) is 7.31. The summed E-state index contributed by atoms with van der Waals surface area (Å²) < 4.78 is 15.3. The van der Waals surface area contributed by atoms with Crippen molar-refractivity contribution in [3.8, 4) is 0 Å². The number of nitrogens with one attached hydrogen (secondary N) is 2. The molecule has 8 heteroatoms. The molecule has 0 aliphatic carbocycles. The molecule has 0 saturated carbocycles. The smallest absolute Gasteiger partial charge is 0.176 e. The van der Waals surface area contributed by atoms with Gasteiger partial charge in [0.05, 0.1) is 6.54 Å². The van der Waals surface area contributed by atoms with Crippen LogP contribution >= 0.6 is 35.4 Å². The molecule has 0 radical (unpaired) electrons. The lowest BCUT2D eigenvalue weighted by Gasteiger charge is -2.09. The van der Waals surface area contributed by atoms with E-state index in [9.17, 15) is 4.39 Å². The molecule has 1 aromatic heterocycles. The maximum Gasteiger partial charge on any atom is 0.176 e. The predicted molar refractivity (Wildman–Crippen MR) is 104 cm³/mol. The van der Waals surface area contributed by atoms with E-state index in [1.165, 1.54) is 6.07 Å². The second kappa shape index (κ2) is 7.82. The highest BCUT2D eigenvalue weighted by Gasteiger charge is 2.10. The van der Waals surface area contributed by atoms with E-state index in [1.54, 1.807) is 41.2 Å². The van der Waals surface area contributed by atoms with Gasteiger partial charge in [0.2, 0.25) is 0 Å². The second-order valence-electron chi connectivity index (χ2n) is 5.20. The van der Waals surface area contributed by atoms with E-state index in [4.69, 9.17) is 35.4 Å². The molecule has 3 aromatic rings. The summed E-state index contributed by atoms with van der Waals surface area (Å²) in [5.74, 6) is 0.0966. The average Bonchev–Trinajstić information content (AvgIpc) is 2.89. The fourth-order valence-electron chi connectivity index (χ4n) is 2.20. The maximum atomic E-state index is 13.7. The van der Waals surface area contributed by atoms with Crippen molar-refractivity contribution in [2.24, 2.45) is 0 Å². The number of benzene rings is 2. The highest BCUT2D eigenvalue weighted by atomic mass is 35.5. The van der Waals surface area contributed by atoms with E-state index in [2.05, 4.69) is 15.7 Å². The minimum atomic E-state index is -0.290. The van der Waals surface area contributed by atoms with Gasteiger partial charge in [-0.25, -0.2) is 4.39 Å². The molecule has 0 aliphatic heterocycles. The summed E-state index contributed by atoms with van der Waals surface area (Å²) in [6, 6.07) is 13.7. The van der Waals surface area contributed by atoms with Crippen LogP contribution in [0.5, 0.6) is 0 Å². The van der Waals surface area contributed by atoms with Gasteiger partial charge in [-0.15, -0.1) is 0 Å². The van der Waals surface area contributed by atoms with Gasteiger partial charge in [0, 0.05) is 22.5 Å². The van der Waals surface area contributed by atoms with Gasteiger partial charge in [-0.2, -0.15) is 5.10 Å². The second-order valence-corrected chi connectivity index (χ2v) is 6.46. The predicted octanol–water partition coefficient (Wildman–Crippen LogP) is 5.19. The number of nitrogens with zero attached hydrogens (tertiary/aromatic N) is 2. The fourth-order valence-corrected chi connectivity index (χ4v) is 2.80. The van der Waals surface area contributed by atoms with E-state index in [0.717, 1.165) is 5.69 Å². The van der Waals surface area contributed by atoms with Gasteiger partial charge in [-0.1, -0.05) is 47.5 Å². The van der Waals surface area contributed by atoms with Crippen LogP contribution in [-0.2, 0) is 6.54 Å². The topological polar surface area (TPSA) is 41.9 Å². The van der Waals surface area contributed by atoms with Crippen LogP contribution < -0.4 is 10.6 Å². The van der Waals surface area contributed by atoms with E-state index in [-0.39, 0.29) is 12.4 Å². The molecule has 0 spiro atoms. The standard InChI is InChI=1S/C17H13Cl2FN4S/c18-12-5-3-6-13(8-12)21-17(25)22-16-14(19)10-24(23-16)9-11-4-1-2-7-15(11)20/h1-8,10H,9H2,(H2,21,22,23,25). The molecule has 25 heavy (non-hydrogen) atoms. The van der Waals surface area contributed by atoms with Gasteiger partial charge in [0.15, 0.2) is 10.9 Å². The Balaban J connectivity index is 1.68.